The fourth-order valence-electron chi connectivity index (χ4n) is 1.52. The van der Waals surface area contributed by atoms with Gasteiger partial charge in [-0.3, -0.25) is 0 Å². The first-order valence-electron chi connectivity index (χ1n) is 5.21. The second-order valence-electron chi connectivity index (χ2n) is 3.71. The number of carbonyl (C=O) groups is 1. The number of aromatic carboxylic acids is 1. The first-order chi connectivity index (χ1) is 8.61. The van der Waals surface area contributed by atoms with Gasteiger partial charge in [-0.05, 0) is 11.6 Å². The van der Waals surface area contributed by atoms with Gasteiger partial charge < -0.3 is 19.8 Å². The highest BCUT2D eigenvalue weighted by atomic mass is 16.5. The minimum absolute atomic E-state index is 0.182. The van der Waals surface area contributed by atoms with Crippen molar-refractivity contribution in [3.05, 3.63) is 41.6 Å². The molecule has 0 amide bonds. The molecule has 3 N–H and O–H groups in total. The molecule has 0 radical (unpaired) electrons. The monoisotopic (exact) mass is 249 g/mol. The van der Waals surface area contributed by atoms with Gasteiger partial charge in [0.2, 0.25) is 0 Å². The second-order valence-corrected chi connectivity index (χ2v) is 3.71. The Morgan fingerprint density at radius 2 is 2.17 bits per heavy atom. The second kappa shape index (κ2) is 4.99. The SMILES string of the molecule is O=C(O)c1cc(-c2cccc(C(O)CO)c2)on1. The van der Waals surface area contributed by atoms with E-state index in [1.807, 2.05) is 0 Å². The van der Waals surface area contributed by atoms with Gasteiger partial charge in [0.05, 0.1) is 6.61 Å². The number of rotatable bonds is 4. The largest absolute Gasteiger partial charge is 0.476 e. The molecule has 0 saturated carbocycles. The number of aromatic nitrogens is 1. The Morgan fingerprint density at radius 1 is 1.39 bits per heavy atom. The summed E-state index contributed by atoms with van der Waals surface area (Å²) in [6.07, 6.45) is -0.980. The smallest absolute Gasteiger partial charge is 0.358 e. The zero-order chi connectivity index (χ0) is 13.1. The molecule has 94 valence electrons. The molecule has 1 atom stereocenters. The maximum Gasteiger partial charge on any atom is 0.358 e. The molecular formula is C12H11NO5. The summed E-state index contributed by atoms with van der Waals surface area (Å²) in [5.41, 5.74) is 0.918. The quantitative estimate of drug-likeness (QED) is 0.748. The summed E-state index contributed by atoms with van der Waals surface area (Å²) in [7, 11) is 0. The van der Waals surface area contributed by atoms with Crippen LogP contribution in [0.4, 0.5) is 0 Å². The molecule has 1 heterocycles. The van der Waals surface area contributed by atoms with E-state index in [1.165, 1.54) is 6.07 Å². The zero-order valence-electron chi connectivity index (χ0n) is 9.28. The Labute approximate surface area is 102 Å². The molecule has 0 aliphatic heterocycles. The Morgan fingerprint density at radius 3 is 2.78 bits per heavy atom. The van der Waals surface area contributed by atoms with E-state index in [2.05, 4.69) is 5.16 Å². The van der Waals surface area contributed by atoms with Crippen LogP contribution in [-0.2, 0) is 0 Å². The summed E-state index contributed by atoms with van der Waals surface area (Å²) < 4.78 is 4.91. The lowest BCUT2D eigenvalue weighted by molar-refractivity contribution is 0.0686. The molecule has 0 aliphatic carbocycles. The molecule has 2 aromatic rings. The fraction of sp³-hybridized carbons (Fsp3) is 0.167. The van der Waals surface area contributed by atoms with E-state index in [1.54, 1.807) is 24.3 Å². The van der Waals surface area contributed by atoms with E-state index in [0.717, 1.165) is 0 Å². The van der Waals surface area contributed by atoms with Gasteiger partial charge in [-0.1, -0.05) is 23.4 Å². The molecule has 1 aromatic heterocycles. The van der Waals surface area contributed by atoms with Crippen molar-refractivity contribution < 1.29 is 24.6 Å². The Kier molecular flexibility index (Phi) is 3.40. The molecule has 0 bridgehead atoms. The molecule has 18 heavy (non-hydrogen) atoms. The maximum atomic E-state index is 10.7. The van der Waals surface area contributed by atoms with Crippen molar-refractivity contribution in [2.45, 2.75) is 6.10 Å². The van der Waals surface area contributed by atoms with Crippen molar-refractivity contribution in [1.82, 2.24) is 5.16 Å². The lowest BCUT2D eigenvalue weighted by atomic mass is 10.0. The van der Waals surface area contributed by atoms with Crippen LogP contribution >= 0.6 is 0 Å². The maximum absolute atomic E-state index is 10.7. The van der Waals surface area contributed by atoms with Crippen LogP contribution in [0.2, 0.25) is 0 Å². The molecular weight excluding hydrogens is 238 g/mol. The van der Waals surface area contributed by atoms with Crippen molar-refractivity contribution >= 4 is 5.97 Å². The lowest BCUT2D eigenvalue weighted by Gasteiger charge is -2.07. The van der Waals surface area contributed by atoms with Gasteiger partial charge in [0.1, 0.15) is 6.10 Å². The van der Waals surface area contributed by atoms with Crippen LogP contribution in [0.3, 0.4) is 0 Å². The van der Waals surface area contributed by atoms with E-state index in [9.17, 15) is 9.90 Å². The highest BCUT2D eigenvalue weighted by Crippen LogP contribution is 2.24. The molecule has 6 nitrogen and oxygen atoms in total. The van der Waals surface area contributed by atoms with Gasteiger partial charge in [0.15, 0.2) is 11.5 Å². The van der Waals surface area contributed by atoms with Gasteiger partial charge in [0, 0.05) is 11.6 Å². The molecule has 0 saturated heterocycles. The van der Waals surface area contributed by atoms with Gasteiger partial charge in [-0.15, -0.1) is 0 Å². The average Bonchev–Trinajstić information content (AvgIpc) is 2.88. The van der Waals surface area contributed by atoms with E-state index in [4.69, 9.17) is 14.7 Å². The van der Waals surface area contributed by atoms with E-state index >= 15 is 0 Å². The first kappa shape index (κ1) is 12.3. The van der Waals surface area contributed by atoms with Crippen molar-refractivity contribution in [2.75, 3.05) is 6.61 Å². The van der Waals surface area contributed by atoms with Gasteiger partial charge in [-0.25, -0.2) is 4.79 Å². The summed E-state index contributed by atoms with van der Waals surface area (Å²) in [4.78, 5) is 10.7. The van der Waals surface area contributed by atoms with Crippen molar-refractivity contribution in [3.8, 4) is 11.3 Å². The van der Waals surface area contributed by atoms with Crippen LogP contribution < -0.4 is 0 Å². The predicted octanol–water partition coefficient (Wildman–Crippen LogP) is 1.07. The number of carboxylic acid groups (broad SMARTS) is 1. The standard InChI is InChI=1S/C12H11NO5/c14-6-10(15)7-2-1-3-8(4-7)11-5-9(12(16)17)13-18-11/h1-5,10,14-15H,6H2,(H,16,17). The summed E-state index contributed by atoms with van der Waals surface area (Å²) in [6, 6.07) is 7.92. The molecule has 2 rings (SSSR count). The number of hydrogen-bond acceptors (Lipinski definition) is 5. The van der Waals surface area contributed by atoms with Gasteiger partial charge >= 0.3 is 5.97 Å². The average molecular weight is 249 g/mol. The third-order valence-corrected chi connectivity index (χ3v) is 2.46. The highest BCUT2D eigenvalue weighted by molar-refractivity contribution is 5.86. The minimum atomic E-state index is -1.17. The predicted molar refractivity (Wildman–Crippen MR) is 60.9 cm³/mol. The Balaban J connectivity index is 2.35. The highest BCUT2D eigenvalue weighted by Gasteiger charge is 2.13. The number of aliphatic hydroxyl groups is 2. The molecule has 0 aliphatic rings. The van der Waals surface area contributed by atoms with E-state index < -0.39 is 12.1 Å². The van der Waals surface area contributed by atoms with Crippen LogP contribution in [0, 0.1) is 0 Å². The zero-order valence-corrected chi connectivity index (χ0v) is 9.28. The van der Waals surface area contributed by atoms with Crippen LogP contribution in [0.1, 0.15) is 22.2 Å². The third-order valence-electron chi connectivity index (χ3n) is 2.46. The first-order valence-corrected chi connectivity index (χ1v) is 5.21. The molecule has 6 heteroatoms. The van der Waals surface area contributed by atoms with E-state index in [0.29, 0.717) is 16.9 Å². The molecule has 0 spiro atoms. The summed E-state index contributed by atoms with van der Waals surface area (Å²) in [5.74, 6) is -0.879. The van der Waals surface area contributed by atoms with Gasteiger partial charge in [-0.2, -0.15) is 0 Å². The Bertz CT molecular complexity index is 563. The van der Waals surface area contributed by atoms with Crippen LogP contribution in [0.5, 0.6) is 0 Å². The summed E-state index contributed by atoms with van der Waals surface area (Å²) >= 11 is 0. The number of benzene rings is 1. The number of carboxylic acids is 1. The van der Waals surface area contributed by atoms with Gasteiger partial charge in [0.25, 0.3) is 0 Å². The molecule has 0 fully saturated rings. The topological polar surface area (TPSA) is 104 Å². The number of nitrogens with zero attached hydrogens (tertiary/aromatic N) is 1. The Hall–Kier alpha value is -2.18. The number of aliphatic hydroxyl groups excluding tert-OH is 2. The molecule has 1 unspecified atom stereocenters. The summed E-state index contributed by atoms with van der Waals surface area (Å²) in [6.45, 7) is -0.389. The molecule has 1 aromatic carbocycles. The summed E-state index contributed by atoms with van der Waals surface area (Å²) in [5, 5.41) is 30.5. The van der Waals surface area contributed by atoms with E-state index in [-0.39, 0.29) is 12.3 Å². The lowest BCUT2D eigenvalue weighted by Crippen LogP contribution is -2.02. The van der Waals surface area contributed by atoms with Crippen molar-refractivity contribution in [1.29, 1.82) is 0 Å². The van der Waals surface area contributed by atoms with Crippen LogP contribution in [0.25, 0.3) is 11.3 Å². The number of hydrogen-bond donors (Lipinski definition) is 3. The fourth-order valence-corrected chi connectivity index (χ4v) is 1.52. The third kappa shape index (κ3) is 2.39. The van der Waals surface area contributed by atoms with Crippen molar-refractivity contribution in [2.24, 2.45) is 0 Å². The minimum Gasteiger partial charge on any atom is -0.476 e. The van der Waals surface area contributed by atoms with Crippen LogP contribution in [-0.4, -0.2) is 33.1 Å². The van der Waals surface area contributed by atoms with Crippen LogP contribution in [0.15, 0.2) is 34.9 Å². The normalized spacial score (nSPS) is 12.3. The van der Waals surface area contributed by atoms with Crippen molar-refractivity contribution in [3.63, 3.8) is 0 Å².